The molecule has 0 radical (unpaired) electrons. The van der Waals surface area contributed by atoms with Crippen molar-refractivity contribution in [3.63, 3.8) is 0 Å². The van der Waals surface area contributed by atoms with Crippen molar-refractivity contribution in [2.75, 3.05) is 13.2 Å². The molecule has 1 aliphatic heterocycles. The molecule has 2 atom stereocenters. The van der Waals surface area contributed by atoms with Gasteiger partial charge in [0.2, 0.25) is 0 Å². The van der Waals surface area contributed by atoms with Crippen LogP contribution in [0.2, 0.25) is 0 Å². The quantitative estimate of drug-likeness (QED) is 0.831. The van der Waals surface area contributed by atoms with Gasteiger partial charge in [-0.2, -0.15) is 0 Å². The number of ether oxygens (including phenoxy) is 2. The summed E-state index contributed by atoms with van der Waals surface area (Å²) < 4.78 is 24.2. The van der Waals surface area contributed by atoms with E-state index >= 15 is 0 Å². The van der Waals surface area contributed by atoms with E-state index in [1.54, 1.807) is 12.1 Å². The van der Waals surface area contributed by atoms with Crippen molar-refractivity contribution in [1.29, 1.82) is 0 Å². The predicted octanol–water partition coefficient (Wildman–Crippen LogP) is 2.19. The zero-order valence-electron chi connectivity index (χ0n) is 11.1. The van der Waals surface area contributed by atoms with Crippen LogP contribution in [0.5, 0.6) is 5.75 Å². The Labute approximate surface area is 111 Å². The molecule has 0 bridgehead atoms. The third-order valence-corrected chi connectivity index (χ3v) is 3.11. The van der Waals surface area contributed by atoms with Gasteiger partial charge in [-0.05, 0) is 19.5 Å². The number of esters is 1. The first-order chi connectivity index (χ1) is 9.11. The van der Waals surface area contributed by atoms with E-state index in [2.05, 4.69) is 5.32 Å². The molecular weight excluding hydrogens is 249 g/mol. The van der Waals surface area contributed by atoms with Crippen LogP contribution in [-0.4, -0.2) is 25.2 Å². The first kappa shape index (κ1) is 13.8. The van der Waals surface area contributed by atoms with Crippen LogP contribution in [0.15, 0.2) is 18.2 Å². The van der Waals surface area contributed by atoms with E-state index in [1.165, 1.54) is 6.07 Å². The van der Waals surface area contributed by atoms with Crippen molar-refractivity contribution < 1.29 is 18.7 Å². The average Bonchev–Trinajstić information content (AvgIpc) is 2.75. The van der Waals surface area contributed by atoms with E-state index in [1.807, 2.05) is 13.8 Å². The van der Waals surface area contributed by atoms with Crippen molar-refractivity contribution in [2.45, 2.75) is 32.4 Å². The molecule has 1 saturated heterocycles. The Morgan fingerprint density at radius 2 is 2.37 bits per heavy atom. The molecule has 2 rings (SSSR count). The summed E-state index contributed by atoms with van der Waals surface area (Å²) in [7, 11) is 0. The summed E-state index contributed by atoms with van der Waals surface area (Å²) in [5.74, 6) is -0.364. The number of hydrogen-bond acceptors (Lipinski definition) is 4. The van der Waals surface area contributed by atoms with Crippen molar-refractivity contribution in [3.8, 4) is 5.75 Å². The third kappa shape index (κ3) is 3.23. The highest BCUT2D eigenvalue weighted by molar-refractivity contribution is 5.76. The summed E-state index contributed by atoms with van der Waals surface area (Å²) in [5.41, 5.74) is 0.586. The van der Waals surface area contributed by atoms with E-state index in [-0.39, 0.29) is 17.8 Å². The maximum Gasteiger partial charge on any atom is 0.347 e. The second-order valence-electron chi connectivity index (χ2n) is 4.53. The van der Waals surface area contributed by atoms with E-state index in [0.717, 1.165) is 6.54 Å². The summed E-state index contributed by atoms with van der Waals surface area (Å²) in [4.78, 5) is 11.3. The van der Waals surface area contributed by atoms with E-state index < -0.39 is 6.10 Å². The minimum Gasteiger partial charge on any atom is -0.478 e. The van der Waals surface area contributed by atoms with Crippen LogP contribution in [0.1, 0.15) is 31.9 Å². The number of rotatable bonds is 5. The molecule has 1 fully saturated rings. The average molecular weight is 267 g/mol. The number of cyclic esters (lactones) is 1. The van der Waals surface area contributed by atoms with Gasteiger partial charge in [0, 0.05) is 24.1 Å². The number of halogens is 1. The fourth-order valence-electron chi connectivity index (χ4n) is 2.10. The van der Waals surface area contributed by atoms with Crippen LogP contribution in [0.25, 0.3) is 0 Å². The molecule has 19 heavy (non-hydrogen) atoms. The predicted molar refractivity (Wildman–Crippen MR) is 68.5 cm³/mol. The van der Waals surface area contributed by atoms with Crippen LogP contribution in [-0.2, 0) is 9.53 Å². The highest BCUT2D eigenvalue weighted by atomic mass is 19.1. The molecular formula is C14H18FNO3. The molecule has 1 aromatic carbocycles. The lowest BCUT2D eigenvalue weighted by Gasteiger charge is -2.15. The molecule has 0 saturated carbocycles. The molecule has 0 spiro atoms. The van der Waals surface area contributed by atoms with Gasteiger partial charge in [-0.25, -0.2) is 9.18 Å². The molecule has 0 amide bonds. The number of hydrogen-bond donors (Lipinski definition) is 1. The Morgan fingerprint density at radius 1 is 1.58 bits per heavy atom. The fraction of sp³-hybridized carbons (Fsp3) is 0.500. The minimum atomic E-state index is -0.614. The molecule has 2 unspecified atom stereocenters. The zero-order valence-corrected chi connectivity index (χ0v) is 11.1. The van der Waals surface area contributed by atoms with Gasteiger partial charge in [-0.15, -0.1) is 0 Å². The Kier molecular flexibility index (Phi) is 4.37. The lowest BCUT2D eigenvalue weighted by molar-refractivity contribution is -0.143. The topological polar surface area (TPSA) is 47.6 Å². The summed E-state index contributed by atoms with van der Waals surface area (Å²) in [6.45, 7) is 5.00. The van der Waals surface area contributed by atoms with Crippen molar-refractivity contribution in [3.05, 3.63) is 29.6 Å². The zero-order chi connectivity index (χ0) is 13.8. The number of nitrogens with one attached hydrogen (secondary N) is 1. The molecule has 0 aromatic heterocycles. The number of carbonyl (C=O) groups excluding carboxylic acids is 1. The van der Waals surface area contributed by atoms with Gasteiger partial charge in [0.15, 0.2) is 6.10 Å². The SMILES string of the molecule is CCNC(C)c1ccc(OC2CCOC2=O)cc1F. The Morgan fingerprint density at radius 3 is 2.95 bits per heavy atom. The number of benzene rings is 1. The van der Waals surface area contributed by atoms with Crippen LogP contribution < -0.4 is 10.1 Å². The van der Waals surface area contributed by atoms with E-state index in [9.17, 15) is 9.18 Å². The molecule has 1 heterocycles. The first-order valence-electron chi connectivity index (χ1n) is 6.48. The molecule has 0 aliphatic carbocycles. The molecule has 104 valence electrons. The summed E-state index contributed by atoms with van der Waals surface area (Å²) in [5, 5.41) is 3.15. The van der Waals surface area contributed by atoms with Crippen LogP contribution in [0.3, 0.4) is 0 Å². The van der Waals surface area contributed by atoms with E-state index in [0.29, 0.717) is 24.3 Å². The third-order valence-electron chi connectivity index (χ3n) is 3.11. The lowest BCUT2D eigenvalue weighted by Crippen LogP contribution is -2.22. The molecule has 5 heteroatoms. The smallest absolute Gasteiger partial charge is 0.347 e. The summed E-state index contributed by atoms with van der Waals surface area (Å²) in [6, 6.07) is 4.61. The normalized spacial score (nSPS) is 20.2. The van der Waals surface area contributed by atoms with Crippen LogP contribution in [0.4, 0.5) is 4.39 Å². The molecule has 1 aromatic rings. The summed E-state index contributed by atoms with van der Waals surface area (Å²) in [6.07, 6.45) is -0.104. The largest absolute Gasteiger partial charge is 0.478 e. The van der Waals surface area contributed by atoms with Crippen molar-refractivity contribution >= 4 is 5.97 Å². The van der Waals surface area contributed by atoms with Gasteiger partial charge in [-0.3, -0.25) is 0 Å². The van der Waals surface area contributed by atoms with E-state index in [4.69, 9.17) is 9.47 Å². The monoisotopic (exact) mass is 267 g/mol. The molecule has 1 N–H and O–H groups in total. The van der Waals surface area contributed by atoms with Crippen LogP contribution >= 0.6 is 0 Å². The minimum absolute atomic E-state index is 0.0597. The first-order valence-corrected chi connectivity index (χ1v) is 6.48. The fourth-order valence-corrected chi connectivity index (χ4v) is 2.10. The van der Waals surface area contributed by atoms with Gasteiger partial charge in [-0.1, -0.05) is 13.0 Å². The Bertz CT molecular complexity index is 464. The summed E-state index contributed by atoms with van der Waals surface area (Å²) >= 11 is 0. The number of carbonyl (C=O) groups is 1. The maximum atomic E-state index is 14.0. The second kappa shape index (κ2) is 6.02. The lowest BCUT2D eigenvalue weighted by atomic mass is 10.1. The van der Waals surface area contributed by atoms with Gasteiger partial charge in [0.25, 0.3) is 0 Å². The Hall–Kier alpha value is -1.62. The maximum absolute atomic E-state index is 14.0. The van der Waals surface area contributed by atoms with Gasteiger partial charge < -0.3 is 14.8 Å². The Balaban J connectivity index is 2.08. The highest BCUT2D eigenvalue weighted by Crippen LogP contribution is 2.24. The molecule has 1 aliphatic rings. The van der Waals surface area contributed by atoms with Gasteiger partial charge >= 0.3 is 5.97 Å². The van der Waals surface area contributed by atoms with Crippen LogP contribution in [0, 0.1) is 5.82 Å². The van der Waals surface area contributed by atoms with Gasteiger partial charge in [0.1, 0.15) is 11.6 Å². The van der Waals surface area contributed by atoms with Crippen molar-refractivity contribution in [1.82, 2.24) is 5.32 Å². The standard InChI is InChI=1S/C14H18FNO3/c1-3-16-9(2)11-5-4-10(8-12(11)15)19-13-6-7-18-14(13)17/h4-5,8-9,13,16H,3,6-7H2,1-2H3. The highest BCUT2D eigenvalue weighted by Gasteiger charge is 2.28. The second-order valence-corrected chi connectivity index (χ2v) is 4.53. The van der Waals surface area contributed by atoms with Gasteiger partial charge in [0.05, 0.1) is 6.61 Å². The van der Waals surface area contributed by atoms with Crippen molar-refractivity contribution in [2.24, 2.45) is 0 Å². The molecule has 4 nitrogen and oxygen atoms in total.